The Morgan fingerprint density at radius 2 is 1.66 bits per heavy atom. The normalized spacial score (nSPS) is 14.0. The first kappa shape index (κ1) is 36.0. The number of anilines is 2. The van der Waals surface area contributed by atoms with Gasteiger partial charge in [0.05, 0.1) is 26.1 Å². The number of aromatic nitrogens is 4. The number of carbonyl (C=O) groups is 2. The van der Waals surface area contributed by atoms with Crippen LogP contribution >= 0.6 is 7.44 Å². The first-order valence-electron chi connectivity index (χ1n) is 13.5. The summed E-state index contributed by atoms with van der Waals surface area (Å²) in [6, 6.07) is -1.80. The predicted molar refractivity (Wildman–Crippen MR) is 161 cm³/mol. The van der Waals surface area contributed by atoms with Gasteiger partial charge in [-0.05, 0) is 26.7 Å². The third-order valence-corrected chi connectivity index (χ3v) is 7.80. The van der Waals surface area contributed by atoms with Crippen molar-refractivity contribution in [1.29, 1.82) is 0 Å². The molecular weight excluding hydrogens is 551 g/mol. The van der Waals surface area contributed by atoms with E-state index in [2.05, 4.69) is 37.0 Å². The van der Waals surface area contributed by atoms with Crippen LogP contribution in [0.4, 0.5) is 11.8 Å². The first-order chi connectivity index (χ1) is 19.1. The molecule has 0 aliphatic rings. The van der Waals surface area contributed by atoms with Crippen molar-refractivity contribution in [2.75, 3.05) is 43.8 Å². The van der Waals surface area contributed by atoms with E-state index in [1.165, 1.54) is 0 Å². The van der Waals surface area contributed by atoms with Crippen LogP contribution in [0.15, 0.2) is 19.0 Å². The maximum absolute atomic E-state index is 13.8. The minimum atomic E-state index is -3.61. The van der Waals surface area contributed by atoms with Crippen LogP contribution in [0.1, 0.15) is 60.8 Å². The molecular formula is C26H47N8O6P. The monoisotopic (exact) mass is 598 g/mol. The molecule has 232 valence electrons. The van der Waals surface area contributed by atoms with E-state index in [9.17, 15) is 14.2 Å². The van der Waals surface area contributed by atoms with Gasteiger partial charge in [0.2, 0.25) is 13.4 Å². The Morgan fingerprint density at radius 3 is 2.20 bits per heavy atom. The van der Waals surface area contributed by atoms with Crippen molar-refractivity contribution in [3.05, 3.63) is 19.0 Å². The lowest BCUT2D eigenvalue weighted by atomic mass is 10.3. The fourth-order valence-corrected chi connectivity index (χ4v) is 5.57. The highest BCUT2D eigenvalue weighted by Gasteiger charge is 2.32. The number of hydrogen-bond acceptors (Lipinski definition) is 11. The number of rotatable bonds is 20. The summed E-state index contributed by atoms with van der Waals surface area (Å²) < 4.78 is 31.8. The molecule has 2 rings (SSSR count). The predicted octanol–water partition coefficient (Wildman–Crippen LogP) is 3.45. The highest BCUT2D eigenvalue weighted by molar-refractivity contribution is 7.59. The van der Waals surface area contributed by atoms with Crippen molar-refractivity contribution in [3.8, 4) is 0 Å². The fraction of sp³-hybridized carbons (Fsp3) is 0.654. The van der Waals surface area contributed by atoms with Crippen molar-refractivity contribution in [3.63, 3.8) is 0 Å². The molecule has 2 aromatic heterocycles. The Morgan fingerprint density at radius 1 is 1.07 bits per heavy atom. The molecule has 2 atom stereocenters. The molecule has 0 amide bonds. The number of fused-ring (bicyclic) bond motifs is 1. The zero-order valence-electron chi connectivity index (χ0n) is 23.9. The SMILES string of the molecule is C.C=CCNc1nc(N)nc2c1ncn2CCOCP(=O)(NC(C)C(=O)OCCCC)NC(C)C(=O)OCCCC. The van der Waals surface area contributed by atoms with Crippen LogP contribution in [0.25, 0.3) is 11.2 Å². The zero-order chi connectivity index (χ0) is 29.5. The molecule has 14 nitrogen and oxygen atoms in total. The van der Waals surface area contributed by atoms with E-state index in [0.717, 1.165) is 25.7 Å². The summed E-state index contributed by atoms with van der Waals surface area (Å²) in [6.07, 6.45) is 6.16. The molecule has 2 unspecified atom stereocenters. The summed E-state index contributed by atoms with van der Waals surface area (Å²) in [6.45, 7) is 12.2. The summed E-state index contributed by atoms with van der Waals surface area (Å²) >= 11 is 0. The molecule has 2 heterocycles. The Kier molecular flexibility index (Phi) is 16.1. The summed E-state index contributed by atoms with van der Waals surface area (Å²) in [5, 5.41) is 8.67. The minimum Gasteiger partial charge on any atom is -0.465 e. The largest absolute Gasteiger partial charge is 0.465 e. The molecule has 0 aliphatic carbocycles. The van der Waals surface area contributed by atoms with E-state index >= 15 is 0 Å². The number of ether oxygens (including phenoxy) is 3. The lowest BCUT2D eigenvalue weighted by Gasteiger charge is -2.26. The number of carbonyl (C=O) groups excluding carboxylic acids is 2. The van der Waals surface area contributed by atoms with Gasteiger partial charge >= 0.3 is 11.9 Å². The van der Waals surface area contributed by atoms with Crippen LogP contribution in [0.5, 0.6) is 0 Å². The van der Waals surface area contributed by atoms with Crippen LogP contribution in [-0.2, 0) is 34.9 Å². The molecule has 0 bridgehead atoms. The Labute approximate surface area is 242 Å². The van der Waals surface area contributed by atoms with Gasteiger partial charge in [-0.1, -0.05) is 40.2 Å². The maximum atomic E-state index is 13.8. The van der Waals surface area contributed by atoms with E-state index in [4.69, 9.17) is 19.9 Å². The average Bonchev–Trinajstić information content (AvgIpc) is 3.32. The van der Waals surface area contributed by atoms with E-state index in [1.807, 2.05) is 13.8 Å². The number of nitrogens with zero attached hydrogens (tertiary/aromatic N) is 4. The lowest BCUT2D eigenvalue weighted by Crippen LogP contribution is -2.43. The molecule has 0 saturated carbocycles. The molecule has 0 spiro atoms. The quantitative estimate of drug-likeness (QED) is 0.0752. The van der Waals surface area contributed by atoms with Crippen molar-refractivity contribution >= 4 is 42.3 Å². The molecule has 5 N–H and O–H groups in total. The lowest BCUT2D eigenvalue weighted by molar-refractivity contribution is -0.145. The number of unbranched alkanes of at least 4 members (excludes halogenated alkanes) is 2. The Balaban J connectivity index is 0.00000840. The second-order valence-corrected chi connectivity index (χ2v) is 11.5. The number of nitrogens with two attached hydrogens (primary N) is 1. The van der Waals surface area contributed by atoms with Crippen LogP contribution < -0.4 is 21.2 Å². The standard InChI is InChI=1S/C25H43N8O6P.CH4/c1-6-9-13-38-23(34)18(4)31-40(36,32-19(5)24(35)39-14-10-7-2)17-37-15-12-33-16-28-20-21(27-11-8-3)29-25(26)30-22(20)33;/h8,16,18-19H,3,6-7,9-15,17H2,1-2,4-5H3,(H2,31,32,36)(H3,26,27,29,30);1H4. The molecule has 0 fully saturated rings. The van der Waals surface area contributed by atoms with Crippen LogP contribution in [0, 0.1) is 0 Å². The van der Waals surface area contributed by atoms with E-state index in [0.29, 0.717) is 30.1 Å². The molecule has 15 heteroatoms. The van der Waals surface area contributed by atoms with Gasteiger partial charge in [0.25, 0.3) is 0 Å². The summed E-state index contributed by atoms with van der Waals surface area (Å²) in [4.78, 5) is 37.6. The molecule has 2 aromatic rings. The zero-order valence-corrected chi connectivity index (χ0v) is 24.7. The van der Waals surface area contributed by atoms with Gasteiger partial charge in [-0.3, -0.25) is 14.2 Å². The van der Waals surface area contributed by atoms with E-state index < -0.39 is 31.5 Å². The van der Waals surface area contributed by atoms with Crippen LogP contribution in [0.3, 0.4) is 0 Å². The van der Waals surface area contributed by atoms with Gasteiger partial charge in [0, 0.05) is 13.1 Å². The van der Waals surface area contributed by atoms with Gasteiger partial charge in [0.1, 0.15) is 18.4 Å². The summed E-state index contributed by atoms with van der Waals surface area (Å²) in [5.41, 5.74) is 6.91. The van der Waals surface area contributed by atoms with Gasteiger partial charge in [-0.2, -0.15) is 9.97 Å². The third-order valence-electron chi connectivity index (χ3n) is 5.64. The van der Waals surface area contributed by atoms with Gasteiger partial charge in [-0.15, -0.1) is 6.58 Å². The van der Waals surface area contributed by atoms with Crippen LogP contribution in [0.2, 0.25) is 0 Å². The Hall–Kier alpha value is -3.06. The highest BCUT2D eigenvalue weighted by Crippen LogP contribution is 2.37. The minimum absolute atomic E-state index is 0. The molecule has 41 heavy (non-hydrogen) atoms. The second-order valence-electron chi connectivity index (χ2n) is 9.23. The number of esters is 2. The topological polar surface area (TPSA) is 185 Å². The molecule has 0 saturated heterocycles. The maximum Gasteiger partial charge on any atom is 0.323 e. The van der Waals surface area contributed by atoms with Crippen LogP contribution in [-0.4, -0.2) is 76.3 Å². The van der Waals surface area contributed by atoms with E-state index in [1.54, 1.807) is 30.8 Å². The number of hydrogen-bond donors (Lipinski definition) is 4. The van der Waals surface area contributed by atoms with Gasteiger partial charge < -0.3 is 29.8 Å². The first-order valence-corrected chi connectivity index (χ1v) is 15.4. The van der Waals surface area contributed by atoms with Gasteiger partial charge in [0.15, 0.2) is 17.0 Å². The second kappa shape index (κ2) is 18.4. The highest BCUT2D eigenvalue weighted by atomic mass is 31.2. The summed E-state index contributed by atoms with van der Waals surface area (Å²) in [5.74, 6) is -0.521. The number of nitrogen functional groups attached to an aromatic ring is 1. The average molecular weight is 599 g/mol. The van der Waals surface area contributed by atoms with Crippen molar-refractivity contribution < 1.29 is 28.4 Å². The smallest absolute Gasteiger partial charge is 0.323 e. The number of nitrogens with one attached hydrogen (secondary N) is 3. The molecule has 0 aromatic carbocycles. The van der Waals surface area contributed by atoms with Gasteiger partial charge in [-0.25, -0.2) is 15.2 Å². The fourth-order valence-electron chi connectivity index (χ4n) is 3.50. The number of imidazole rings is 1. The van der Waals surface area contributed by atoms with Crippen molar-refractivity contribution in [2.45, 2.75) is 79.4 Å². The van der Waals surface area contributed by atoms with E-state index in [-0.39, 0.29) is 39.5 Å². The summed E-state index contributed by atoms with van der Waals surface area (Å²) in [7, 11) is -3.61. The molecule has 0 aliphatic heterocycles. The third kappa shape index (κ3) is 11.8. The van der Waals surface area contributed by atoms with Crippen molar-refractivity contribution in [1.82, 2.24) is 29.7 Å². The molecule has 0 radical (unpaired) electrons. The Bertz CT molecular complexity index is 1130. The van der Waals surface area contributed by atoms with Crippen molar-refractivity contribution in [2.24, 2.45) is 0 Å².